The summed E-state index contributed by atoms with van der Waals surface area (Å²) in [5.41, 5.74) is 1.45. The van der Waals surface area contributed by atoms with Crippen LogP contribution in [-0.2, 0) is 0 Å². The lowest BCUT2D eigenvalue weighted by Gasteiger charge is -2.07. The monoisotopic (exact) mass is 152 g/mol. The van der Waals surface area contributed by atoms with Crippen LogP contribution in [0.1, 0.15) is 32.1 Å². The fourth-order valence-corrected chi connectivity index (χ4v) is 1.32. The van der Waals surface area contributed by atoms with Crippen molar-refractivity contribution in [2.45, 2.75) is 32.1 Å². The van der Waals surface area contributed by atoms with Crippen molar-refractivity contribution in [3.63, 3.8) is 0 Å². The first-order chi connectivity index (χ1) is 5.43. The largest absolute Gasteiger partial charge is 0.396 e. The summed E-state index contributed by atoms with van der Waals surface area (Å²) in [6, 6.07) is 0. The smallest absolute Gasteiger partial charge is 0.0465 e. The molecule has 0 aromatic rings. The molecule has 0 unspecified atom stereocenters. The van der Waals surface area contributed by atoms with Gasteiger partial charge in [-0.15, -0.1) is 0 Å². The van der Waals surface area contributed by atoms with Gasteiger partial charge >= 0.3 is 0 Å². The van der Waals surface area contributed by atoms with Crippen molar-refractivity contribution in [3.8, 4) is 0 Å². The normalized spacial score (nSPS) is 18.8. The summed E-state index contributed by atoms with van der Waals surface area (Å²) in [7, 11) is 0. The van der Waals surface area contributed by atoms with Gasteiger partial charge in [0.1, 0.15) is 0 Å². The SMILES string of the molecule is OCC/C=C/C1=CCCCC1. The van der Waals surface area contributed by atoms with E-state index < -0.39 is 0 Å². The second-order valence-electron chi connectivity index (χ2n) is 2.94. The predicted octanol–water partition coefficient (Wildman–Crippen LogP) is 2.43. The molecule has 1 rings (SSSR count). The molecule has 0 radical (unpaired) electrons. The maximum absolute atomic E-state index is 8.53. The second-order valence-corrected chi connectivity index (χ2v) is 2.94. The van der Waals surface area contributed by atoms with E-state index in [0.29, 0.717) is 0 Å². The van der Waals surface area contributed by atoms with Crippen LogP contribution in [0.15, 0.2) is 23.8 Å². The molecule has 1 aliphatic carbocycles. The zero-order chi connectivity index (χ0) is 7.94. The Bertz CT molecular complexity index is 156. The molecule has 1 heteroatoms. The Morgan fingerprint density at radius 1 is 1.45 bits per heavy atom. The van der Waals surface area contributed by atoms with Gasteiger partial charge in [-0.2, -0.15) is 0 Å². The fraction of sp³-hybridized carbons (Fsp3) is 0.600. The van der Waals surface area contributed by atoms with Crippen molar-refractivity contribution in [2.24, 2.45) is 0 Å². The molecule has 0 saturated heterocycles. The van der Waals surface area contributed by atoms with Crippen LogP contribution < -0.4 is 0 Å². The minimum absolute atomic E-state index is 0.268. The van der Waals surface area contributed by atoms with Crippen molar-refractivity contribution in [3.05, 3.63) is 23.8 Å². The molecule has 0 atom stereocenters. The van der Waals surface area contributed by atoms with Crippen molar-refractivity contribution < 1.29 is 5.11 Å². The average molecular weight is 152 g/mol. The molecule has 62 valence electrons. The molecule has 1 aliphatic rings. The van der Waals surface area contributed by atoms with Gasteiger partial charge in [0.05, 0.1) is 0 Å². The fourth-order valence-electron chi connectivity index (χ4n) is 1.32. The molecule has 1 nitrogen and oxygen atoms in total. The van der Waals surface area contributed by atoms with Gasteiger partial charge in [0, 0.05) is 6.61 Å². The van der Waals surface area contributed by atoms with E-state index in [-0.39, 0.29) is 6.61 Å². The van der Waals surface area contributed by atoms with E-state index in [1.54, 1.807) is 0 Å². The Kier molecular flexibility index (Phi) is 3.99. The lowest BCUT2D eigenvalue weighted by Crippen LogP contribution is -1.88. The molecule has 11 heavy (non-hydrogen) atoms. The van der Waals surface area contributed by atoms with Gasteiger partial charge in [0.15, 0.2) is 0 Å². The molecular formula is C10H16O. The molecule has 0 fully saturated rings. The van der Waals surface area contributed by atoms with Gasteiger partial charge < -0.3 is 5.11 Å². The molecule has 0 heterocycles. The molecule has 1 N–H and O–H groups in total. The van der Waals surface area contributed by atoms with Crippen LogP contribution in [0.25, 0.3) is 0 Å². The van der Waals surface area contributed by atoms with Crippen LogP contribution in [0.3, 0.4) is 0 Å². The molecule has 0 spiro atoms. The van der Waals surface area contributed by atoms with Crippen LogP contribution in [0.4, 0.5) is 0 Å². The minimum atomic E-state index is 0.268. The number of rotatable bonds is 3. The first kappa shape index (κ1) is 8.54. The Morgan fingerprint density at radius 3 is 3.00 bits per heavy atom. The Morgan fingerprint density at radius 2 is 2.36 bits per heavy atom. The van der Waals surface area contributed by atoms with Gasteiger partial charge in [-0.05, 0) is 32.1 Å². The van der Waals surface area contributed by atoms with E-state index >= 15 is 0 Å². The quantitative estimate of drug-likeness (QED) is 0.658. The maximum atomic E-state index is 8.53. The minimum Gasteiger partial charge on any atom is -0.396 e. The lowest BCUT2D eigenvalue weighted by molar-refractivity contribution is 0.302. The molecule has 0 saturated carbocycles. The Labute approximate surface area is 68.4 Å². The summed E-state index contributed by atoms with van der Waals surface area (Å²) in [6.07, 6.45) is 12.4. The third-order valence-electron chi connectivity index (χ3n) is 1.95. The van der Waals surface area contributed by atoms with Gasteiger partial charge in [0.2, 0.25) is 0 Å². The highest BCUT2D eigenvalue weighted by Crippen LogP contribution is 2.17. The van der Waals surface area contributed by atoms with Crippen molar-refractivity contribution in [2.75, 3.05) is 6.61 Å². The standard InChI is InChI=1S/C10H16O/c11-9-5-4-8-10-6-2-1-3-7-10/h4,6,8,11H,1-3,5,7,9H2/b8-4+. The topological polar surface area (TPSA) is 20.2 Å². The number of aliphatic hydroxyl groups is 1. The summed E-state index contributed by atoms with van der Waals surface area (Å²) in [6.45, 7) is 0.268. The third-order valence-corrected chi connectivity index (χ3v) is 1.95. The number of hydrogen-bond acceptors (Lipinski definition) is 1. The summed E-state index contributed by atoms with van der Waals surface area (Å²) in [4.78, 5) is 0. The number of hydrogen-bond donors (Lipinski definition) is 1. The van der Waals surface area contributed by atoms with E-state index in [1.165, 1.54) is 31.3 Å². The van der Waals surface area contributed by atoms with Gasteiger partial charge in [-0.1, -0.05) is 23.8 Å². The molecule has 0 bridgehead atoms. The van der Waals surface area contributed by atoms with Crippen LogP contribution in [0.5, 0.6) is 0 Å². The number of allylic oxidation sites excluding steroid dienone is 3. The summed E-state index contributed by atoms with van der Waals surface area (Å²) in [5, 5.41) is 8.53. The van der Waals surface area contributed by atoms with Crippen molar-refractivity contribution in [1.82, 2.24) is 0 Å². The average Bonchev–Trinajstić information content (AvgIpc) is 2.07. The first-order valence-electron chi connectivity index (χ1n) is 4.40. The van der Waals surface area contributed by atoms with E-state index in [0.717, 1.165) is 6.42 Å². The van der Waals surface area contributed by atoms with Gasteiger partial charge in [-0.3, -0.25) is 0 Å². The Hall–Kier alpha value is -0.560. The molecule has 0 aromatic heterocycles. The first-order valence-corrected chi connectivity index (χ1v) is 4.40. The van der Waals surface area contributed by atoms with Crippen LogP contribution in [0, 0.1) is 0 Å². The molecule has 0 aliphatic heterocycles. The maximum Gasteiger partial charge on any atom is 0.0465 e. The highest BCUT2D eigenvalue weighted by Gasteiger charge is 1.98. The molecular weight excluding hydrogens is 136 g/mol. The Balaban J connectivity index is 2.29. The lowest BCUT2D eigenvalue weighted by atomic mass is 9.99. The molecule has 0 aromatic carbocycles. The van der Waals surface area contributed by atoms with E-state index in [1.807, 2.05) is 0 Å². The van der Waals surface area contributed by atoms with Crippen LogP contribution in [0.2, 0.25) is 0 Å². The highest BCUT2D eigenvalue weighted by molar-refractivity contribution is 5.19. The summed E-state index contributed by atoms with van der Waals surface area (Å²) < 4.78 is 0. The van der Waals surface area contributed by atoms with Gasteiger partial charge in [0.25, 0.3) is 0 Å². The summed E-state index contributed by atoms with van der Waals surface area (Å²) >= 11 is 0. The second kappa shape index (κ2) is 5.14. The zero-order valence-corrected chi connectivity index (χ0v) is 6.92. The highest BCUT2D eigenvalue weighted by atomic mass is 16.2. The number of aliphatic hydroxyl groups excluding tert-OH is 1. The predicted molar refractivity (Wildman–Crippen MR) is 47.4 cm³/mol. The molecule has 0 amide bonds. The van der Waals surface area contributed by atoms with Crippen LogP contribution >= 0.6 is 0 Å². The van der Waals surface area contributed by atoms with E-state index in [2.05, 4.69) is 18.2 Å². The summed E-state index contributed by atoms with van der Waals surface area (Å²) in [5.74, 6) is 0. The third kappa shape index (κ3) is 3.38. The van der Waals surface area contributed by atoms with E-state index in [9.17, 15) is 0 Å². The zero-order valence-electron chi connectivity index (χ0n) is 6.92. The van der Waals surface area contributed by atoms with Crippen molar-refractivity contribution in [1.29, 1.82) is 0 Å². The van der Waals surface area contributed by atoms with Crippen LogP contribution in [-0.4, -0.2) is 11.7 Å². The van der Waals surface area contributed by atoms with Crippen molar-refractivity contribution >= 4 is 0 Å². The van der Waals surface area contributed by atoms with E-state index in [4.69, 9.17) is 5.11 Å². The van der Waals surface area contributed by atoms with Gasteiger partial charge in [-0.25, -0.2) is 0 Å².